The molecule has 1 rings (SSSR count). The quantitative estimate of drug-likeness (QED) is 0.470. The minimum Gasteiger partial charge on any atom is -0.370 e. The number of anilines is 1. The van der Waals surface area contributed by atoms with Crippen LogP contribution >= 0.6 is 11.8 Å². The van der Waals surface area contributed by atoms with Crippen LogP contribution in [-0.4, -0.2) is 28.5 Å². The minimum absolute atomic E-state index is 0.0645. The first-order valence-electron chi connectivity index (χ1n) is 5.00. The Morgan fingerprint density at radius 1 is 1.56 bits per heavy atom. The van der Waals surface area contributed by atoms with Crippen molar-refractivity contribution in [2.24, 2.45) is 0 Å². The molecular formula is C10H15N3O2S. The first-order valence-corrected chi connectivity index (χ1v) is 6.39. The summed E-state index contributed by atoms with van der Waals surface area (Å²) in [6, 6.07) is 3.13. The van der Waals surface area contributed by atoms with Gasteiger partial charge in [0, 0.05) is 12.6 Å². The van der Waals surface area contributed by atoms with Crippen molar-refractivity contribution in [3.8, 4) is 0 Å². The second kappa shape index (κ2) is 6.32. The van der Waals surface area contributed by atoms with E-state index in [0.29, 0.717) is 11.5 Å². The van der Waals surface area contributed by atoms with Gasteiger partial charge in [-0.1, -0.05) is 0 Å². The van der Waals surface area contributed by atoms with Gasteiger partial charge in [-0.25, -0.2) is 4.98 Å². The highest BCUT2D eigenvalue weighted by Crippen LogP contribution is 2.17. The molecule has 6 heteroatoms. The number of aryl methyl sites for hydroxylation is 1. The highest BCUT2D eigenvalue weighted by molar-refractivity contribution is 7.98. The average Bonchev–Trinajstić information content (AvgIpc) is 2.24. The zero-order valence-electron chi connectivity index (χ0n) is 9.40. The molecule has 5 nitrogen and oxygen atoms in total. The molecule has 0 spiro atoms. The smallest absolute Gasteiger partial charge is 0.290 e. The molecule has 0 bridgehead atoms. The third-order valence-corrected chi connectivity index (χ3v) is 2.78. The Morgan fingerprint density at radius 2 is 2.31 bits per heavy atom. The minimum atomic E-state index is -0.417. The lowest BCUT2D eigenvalue weighted by atomic mass is 10.3. The molecule has 1 N–H and O–H groups in total. The third-order valence-electron chi connectivity index (χ3n) is 2.09. The number of aromatic nitrogens is 1. The number of rotatable bonds is 6. The molecule has 1 aromatic heterocycles. The van der Waals surface area contributed by atoms with Crippen LogP contribution in [0.2, 0.25) is 0 Å². The Kier molecular flexibility index (Phi) is 5.04. The van der Waals surface area contributed by atoms with Crippen LogP contribution in [0.25, 0.3) is 0 Å². The standard InChI is InChI=1S/C10H15N3O2S/c1-8-9(13(14)15)4-5-10(12-8)11-6-3-7-16-2/h4-5H,3,6-7H2,1-2H3,(H,11,12). The van der Waals surface area contributed by atoms with Crippen molar-refractivity contribution in [1.82, 2.24) is 4.98 Å². The molecule has 16 heavy (non-hydrogen) atoms. The van der Waals surface area contributed by atoms with Gasteiger partial charge in [0.25, 0.3) is 5.69 Å². The van der Waals surface area contributed by atoms with Crippen LogP contribution < -0.4 is 5.32 Å². The van der Waals surface area contributed by atoms with Crippen LogP contribution in [0.5, 0.6) is 0 Å². The van der Waals surface area contributed by atoms with E-state index in [1.807, 2.05) is 0 Å². The van der Waals surface area contributed by atoms with Crippen molar-refractivity contribution in [3.05, 3.63) is 27.9 Å². The maximum atomic E-state index is 10.6. The van der Waals surface area contributed by atoms with Crippen molar-refractivity contribution in [3.63, 3.8) is 0 Å². The number of nitrogens with zero attached hydrogens (tertiary/aromatic N) is 2. The number of hydrogen-bond acceptors (Lipinski definition) is 5. The van der Waals surface area contributed by atoms with E-state index in [4.69, 9.17) is 0 Å². The van der Waals surface area contributed by atoms with E-state index in [9.17, 15) is 10.1 Å². The van der Waals surface area contributed by atoms with Crippen molar-refractivity contribution < 1.29 is 4.92 Å². The van der Waals surface area contributed by atoms with Gasteiger partial charge in [0.1, 0.15) is 11.5 Å². The van der Waals surface area contributed by atoms with Gasteiger partial charge in [0.15, 0.2) is 0 Å². The number of nitrogens with one attached hydrogen (secondary N) is 1. The zero-order chi connectivity index (χ0) is 12.0. The topological polar surface area (TPSA) is 68.1 Å². The molecule has 0 fully saturated rings. The highest BCUT2D eigenvalue weighted by atomic mass is 32.2. The SMILES string of the molecule is CSCCCNc1ccc([N+](=O)[O-])c(C)n1. The van der Waals surface area contributed by atoms with E-state index in [-0.39, 0.29) is 5.69 Å². The van der Waals surface area contributed by atoms with Crippen LogP contribution in [-0.2, 0) is 0 Å². The van der Waals surface area contributed by atoms with Crippen LogP contribution in [0.4, 0.5) is 11.5 Å². The molecule has 0 aliphatic rings. The van der Waals surface area contributed by atoms with E-state index in [0.717, 1.165) is 18.7 Å². The predicted molar refractivity (Wildman–Crippen MR) is 67.1 cm³/mol. The fraction of sp³-hybridized carbons (Fsp3) is 0.500. The fourth-order valence-corrected chi connectivity index (χ4v) is 1.71. The van der Waals surface area contributed by atoms with E-state index < -0.39 is 4.92 Å². The second-order valence-electron chi connectivity index (χ2n) is 3.33. The summed E-state index contributed by atoms with van der Waals surface area (Å²) in [5.41, 5.74) is 0.509. The molecule has 0 aliphatic heterocycles. The Hall–Kier alpha value is -1.30. The summed E-state index contributed by atoms with van der Waals surface area (Å²) in [5, 5.41) is 13.7. The summed E-state index contributed by atoms with van der Waals surface area (Å²) in [6.07, 6.45) is 3.12. The van der Waals surface area contributed by atoms with Gasteiger partial charge in [-0.15, -0.1) is 0 Å². The summed E-state index contributed by atoms with van der Waals surface area (Å²) >= 11 is 1.80. The normalized spacial score (nSPS) is 10.1. The molecule has 0 saturated carbocycles. The molecule has 88 valence electrons. The number of thioether (sulfide) groups is 1. The van der Waals surface area contributed by atoms with E-state index in [2.05, 4.69) is 16.6 Å². The molecule has 0 aromatic carbocycles. The Morgan fingerprint density at radius 3 is 2.88 bits per heavy atom. The molecule has 0 unspecified atom stereocenters. The molecule has 0 atom stereocenters. The molecule has 1 aromatic rings. The van der Waals surface area contributed by atoms with Gasteiger partial charge < -0.3 is 5.32 Å². The predicted octanol–water partition coefficient (Wildman–Crippen LogP) is 2.46. The largest absolute Gasteiger partial charge is 0.370 e. The van der Waals surface area contributed by atoms with Crippen molar-refractivity contribution >= 4 is 23.3 Å². The number of hydrogen-bond donors (Lipinski definition) is 1. The lowest BCUT2D eigenvalue weighted by Crippen LogP contribution is -2.05. The Balaban J connectivity index is 2.56. The van der Waals surface area contributed by atoms with Crippen molar-refractivity contribution in [2.45, 2.75) is 13.3 Å². The molecular weight excluding hydrogens is 226 g/mol. The molecule has 0 amide bonds. The fourth-order valence-electron chi connectivity index (χ4n) is 1.28. The van der Waals surface area contributed by atoms with Gasteiger partial charge in [-0.05, 0) is 31.4 Å². The second-order valence-corrected chi connectivity index (χ2v) is 4.32. The average molecular weight is 241 g/mol. The summed E-state index contributed by atoms with van der Waals surface area (Å²) in [4.78, 5) is 14.3. The van der Waals surface area contributed by atoms with Gasteiger partial charge >= 0.3 is 0 Å². The first-order chi connectivity index (χ1) is 7.65. The van der Waals surface area contributed by atoms with Gasteiger partial charge in [-0.3, -0.25) is 10.1 Å². The van der Waals surface area contributed by atoms with Crippen LogP contribution in [0.1, 0.15) is 12.1 Å². The van der Waals surface area contributed by atoms with Crippen molar-refractivity contribution in [1.29, 1.82) is 0 Å². The van der Waals surface area contributed by atoms with Crippen LogP contribution in [0, 0.1) is 17.0 Å². The third kappa shape index (κ3) is 3.69. The summed E-state index contributed by atoms with van der Waals surface area (Å²) in [5.74, 6) is 1.79. The lowest BCUT2D eigenvalue weighted by Gasteiger charge is -2.05. The lowest BCUT2D eigenvalue weighted by molar-refractivity contribution is -0.385. The van der Waals surface area contributed by atoms with Gasteiger partial charge in [-0.2, -0.15) is 11.8 Å². The molecule has 0 aliphatic carbocycles. The van der Waals surface area contributed by atoms with Crippen LogP contribution in [0.15, 0.2) is 12.1 Å². The molecule has 1 heterocycles. The summed E-state index contributed by atoms with van der Waals surface area (Å²) in [6.45, 7) is 2.48. The Bertz CT molecular complexity index is 371. The van der Waals surface area contributed by atoms with E-state index in [1.54, 1.807) is 24.8 Å². The van der Waals surface area contributed by atoms with E-state index in [1.165, 1.54) is 6.07 Å². The molecule has 0 radical (unpaired) electrons. The maximum absolute atomic E-state index is 10.6. The first kappa shape index (κ1) is 12.8. The Labute approximate surface area is 98.8 Å². The molecule has 0 saturated heterocycles. The van der Waals surface area contributed by atoms with Gasteiger partial charge in [0.05, 0.1) is 4.92 Å². The summed E-state index contributed by atoms with van der Waals surface area (Å²) < 4.78 is 0. The zero-order valence-corrected chi connectivity index (χ0v) is 10.2. The van der Waals surface area contributed by atoms with Crippen molar-refractivity contribution in [2.75, 3.05) is 23.9 Å². The van der Waals surface area contributed by atoms with E-state index >= 15 is 0 Å². The maximum Gasteiger partial charge on any atom is 0.290 e. The number of nitro groups is 1. The summed E-state index contributed by atoms with van der Waals surface area (Å²) in [7, 11) is 0. The highest BCUT2D eigenvalue weighted by Gasteiger charge is 2.11. The monoisotopic (exact) mass is 241 g/mol. The van der Waals surface area contributed by atoms with Gasteiger partial charge in [0.2, 0.25) is 0 Å². The van der Waals surface area contributed by atoms with Crippen LogP contribution in [0.3, 0.4) is 0 Å². The number of pyridine rings is 1.